The summed E-state index contributed by atoms with van der Waals surface area (Å²) in [6.07, 6.45) is 1.04. The van der Waals surface area contributed by atoms with Gasteiger partial charge in [0.25, 0.3) is 5.91 Å². The summed E-state index contributed by atoms with van der Waals surface area (Å²) in [7, 11) is -3.96. The maximum absolute atomic E-state index is 12.2. The van der Waals surface area contributed by atoms with Crippen molar-refractivity contribution in [2.24, 2.45) is 16.5 Å². The molecule has 3 N–H and O–H groups in total. The molecule has 0 spiro atoms. The van der Waals surface area contributed by atoms with E-state index in [1.54, 1.807) is 0 Å². The van der Waals surface area contributed by atoms with Crippen LogP contribution in [0, 0.1) is 11.3 Å². The summed E-state index contributed by atoms with van der Waals surface area (Å²) >= 11 is 11.8. The third kappa shape index (κ3) is 3.69. The molecule has 116 valence electrons. The number of halogens is 2. The molecule has 21 heavy (non-hydrogen) atoms. The standard InChI is InChI=1S/C13H16Cl2N2O3S/c1-13(2)5-7(13)6-17-12(18)9-3-8(21(16,19)20)4-10(14)11(9)15/h3-4,7H,5-6H2,1-2H3,(H,17,18)(H2,16,19,20). The zero-order chi connectivity index (χ0) is 16.0. The van der Waals surface area contributed by atoms with Crippen LogP contribution < -0.4 is 10.5 Å². The molecular formula is C13H16Cl2N2O3S. The Hall–Kier alpha value is -0.820. The molecule has 8 heteroatoms. The Morgan fingerprint density at radius 3 is 2.48 bits per heavy atom. The fourth-order valence-electron chi connectivity index (χ4n) is 2.13. The summed E-state index contributed by atoms with van der Waals surface area (Å²) in [4.78, 5) is 11.9. The van der Waals surface area contributed by atoms with E-state index in [9.17, 15) is 13.2 Å². The minimum atomic E-state index is -3.96. The molecule has 1 aromatic carbocycles. The van der Waals surface area contributed by atoms with Gasteiger partial charge in [0.15, 0.2) is 0 Å². The van der Waals surface area contributed by atoms with E-state index in [1.807, 2.05) is 0 Å². The zero-order valence-electron chi connectivity index (χ0n) is 11.6. The molecule has 0 heterocycles. The Morgan fingerprint density at radius 2 is 2.00 bits per heavy atom. The second-order valence-corrected chi connectivity index (χ2v) is 8.26. The SMILES string of the molecule is CC1(C)CC1CNC(=O)c1cc(S(N)(=O)=O)cc(Cl)c1Cl. The zero-order valence-corrected chi connectivity index (χ0v) is 13.9. The largest absolute Gasteiger partial charge is 0.352 e. The molecule has 2 rings (SSSR count). The van der Waals surface area contributed by atoms with Gasteiger partial charge in [-0.1, -0.05) is 37.0 Å². The smallest absolute Gasteiger partial charge is 0.252 e. The van der Waals surface area contributed by atoms with Crippen molar-refractivity contribution in [3.8, 4) is 0 Å². The number of carbonyl (C=O) groups is 1. The van der Waals surface area contributed by atoms with Gasteiger partial charge in [0.05, 0.1) is 20.5 Å². The lowest BCUT2D eigenvalue weighted by atomic mass is 10.1. The first-order valence-electron chi connectivity index (χ1n) is 6.32. The van der Waals surface area contributed by atoms with Crippen molar-refractivity contribution in [1.29, 1.82) is 0 Å². The second-order valence-electron chi connectivity index (χ2n) is 5.91. The van der Waals surface area contributed by atoms with Crippen LogP contribution in [-0.4, -0.2) is 20.9 Å². The highest BCUT2D eigenvalue weighted by atomic mass is 35.5. The molecular weight excluding hydrogens is 335 g/mol. The third-order valence-electron chi connectivity index (χ3n) is 3.80. The van der Waals surface area contributed by atoms with Gasteiger partial charge in [-0.25, -0.2) is 13.6 Å². The van der Waals surface area contributed by atoms with Gasteiger partial charge in [-0.3, -0.25) is 4.79 Å². The number of sulfonamides is 1. The number of amides is 1. The molecule has 0 radical (unpaired) electrons. The minimum absolute atomic E-state index is 0.00616. The quantitative estimate of drug-likeness (QED) is 0.873. The van der Waals surface area contributed by atoms with Crippen LogP contribution >= 0.6 is 23.2 Å². The van der Waals surface area contributed by atoms with E-state index in [-0.39, 0.29) is 25.9 Å². The molecule has 0 saturated heterocycles. The van der Waals surface area contributed by atoms with E-state index in [4.69, 9.17) is 28.3 Å². The molecule has 1 aromatic rings. The lowest BCUT2D eigenvalue weighted by Gasteiger charge is -2.10. The van der Waals surface area contributed by atoms with Crippen LogP contribution in [0.2, 0.25) is 10.0 Å². The molecule has 1 aliphatic rings. The number of rotatable bonds is 4. The summed E-state index contributed by atoms with van der Waals surface area (Å²) in [5.41, 5.74) is 0.239. The Kier molecular flexibility index (Phi) is 4.28. The van der Waals surface area contributed by atoms with E-state index in [0.717, 1.165) is 18.6 Å². The van der Waals surface area contributed by atoms with Crippen molar-refractivity contribution in [1.82, 2.24) is 5.32 Å². The highest BCUT2D eigenvalue weighted by molar-refractivity contribution is 7.89. The highest BCUT2D eigenvalue weighted by Crippen LogP contribution is 2.51. The Bertz CT molecular complexity index is 702. The number of nitrogens with one attached hydrogen (secondary N) is 1. The molecule has 0 bridgehead atoms. The fraction of sp³-hybridized carbons (Fsp3) is 0.462. The van der Waals surface area contributed by atoms with Crippen molar-refractivity contribution < 1.29 is 13.2 Å². The van der Waals surface area contributed by atoms with Gasteiger partial charge in [0.1, 0.15) is 0 Å². The molecule has 0 aromatic heterocycles. The number of nitrogens with two attached hydrogens (primary N) is 1. The predicted octanol–water partition coefficient (Wildman–Crippen LogP) is 2.42. The van der Waals surface area contributed by atoms with E-state index >= 15 is 0 Å². The van der Waals surface area contributed by atoms with Crippen LogP contribution in [0.25, 0.3) is 0 Å². The summed E-state index contributed by atoms with van der Waals surface area (Å²) in [6.45, 7) is 4.75. The molecule has 1 fully saturated rings. The number of hydrogen-bond acceptors (Lipinski definition) is 3. The van der Waals surface area contributed by atoms with E-state index < -0.39 is 15.9 Å². The van der Waals surface area contributed by atoms with Gasteiger partial charge in [-0.05, 0) is 29.9 Å². The summed E-state index contributed by atoms with van der Waals surface area (Å²) in [6, 6.07) is 2.26. The Labute approximate surface area is 133 Å². The topological polar surface area (TPSA) is 89.3 Å². The lowest BCUT2D eigenvalue weighted by molar-refractivity contribution is 0.0950. The van der Waals surface area contributed by atoms with Crippen molar-refractivity contribution in [2.45, 2.75) is 25.2 Å². The van der Waals surface area contributed by atoms with Crippen molar-refractivity contribution in [2.75, 3.05) is 6.54 Å². The van der Waals surface area contributed by atoms with Crippen molar-refractivity contribution in [3.05, 3.63) is 27.7 Å². The molecule has 1 atom stereocenters. The monoisotopic (exact) mass is 350 g/mol. The fourth-order valence-corrected chi connectivity index (χ4v) is 3.17. The highest BCUT2D eigenvalue weighted by Gasteiger charge is 2.45. The van der Waals surface area contributed by atoms with Crippen LogP contribution in [0.3, 0.4) is 0 Å². The maximum Gasteiger partial charge on any atom is 0.252 e. The van der Waals surface area contributed by atoms with Gasteiger partial charge >= 0.3 is 0 Å². The van der Waals surface area contributed by atoms with Gasteiger partial charge in [0, 0.05) is 6.54 Å². The first-order chi connectivity index (χ1) is 9.52. The average molecular weight is 351 g/mol. The number of benzene rings is 1. The average Bonchev–Trinajstić information content (AvgIpc) is 2.96. The van der Waals surface area contributed by atoms with Crippen LogP contribution in [-0.2, 0) is 10.0 Å². The summed E-state index contributed by atoms with van der Waals surface area (Å²) in [5, 5.41) is 7.78. The minimum Gasteiger partial charge on any atom is -0.352 e. The van der Waals surface area contributed by atoms with E-state index in [1.165, 1.54) is 0 Å². The molecule has 1 amide bonds. The summed E-state index contributed by atoms with van der Waals surface area (Å²) < 4.78 is 22.8. The van der Waals surface area contributed by atoms with Gasteiger partial charge < -0.3 is 5.32 Å². The number of hydrogen-bond donors (Lipinski definition) is 2. The first kappa shape index (κ1) is 16.5. The molecule has 5 nitrogen and oxygen atoms in total. The van der Waals surface area contributed by atoms with Crippen LogP contribution in [0.4, 0.5) is 0 Å². The maximum atomic E-state index is 12.2. The number of primary sulfonamides is 1. The second kappa shape index (κ2) is 5.43. The summed E-state index contributed by atoms with van der Waals surface area (Å²) in [5.74, 6) is -0.0489. The first-order valence-corrected chi connectivity index (χ1v) is 8.62. The van der Waals surface area contributed by atoms with Gasteiger partial charge in [-0.15, -0.1) is 0 Å². The predicted molar refractivity (Wildman–Crippen MR) is 82.1 cm³/mol. The Balaban J connectivity index is 2.22. The lowest BCUT2D eigenvalue weighted by Crippen LogP contribution is -2.27. The van der Waals surface area contributed by atoms with Crippen LogP contribution in [0.5, 0.6) is 0 Å². The number of carbonyl (C=O) groups excluding carboxylic acids is 1. The van der Waals surface area contributed by atoms with Crippen molar-refractivity contribution >= 4 is 39.1 Å². The normalized spacial score (nSPS) is 20.1. The van der Waals surface area contributed by atoms with Crippen molar-refractivity contribution in [3.63, 3.8) is 0 Å². The molecule has 1 unspecified atom stereocenters. The molecule has 1 saturated carbocycles. The van der Waals surface area contributed by atoms with Gasteiger partial charge in [0.2, 0.25) is 10.0 Å². The van der Waals surface area contributed by atoms with E-state index in [2.05, 4.69) is 19.2 Å². The molecule has 0 aliphatic heterocycles. The Morgan fingerprint density at radius 1 is 1.43 bits per heavy atom. The van der Waals surface area contributed by atoms with Crippen LogP contribution in [0.15, 0.2) is 17.0 Å². The van der Waals surface area contributed by atoms with E-state index in [0.29, 0.717) is 12.5 Å². The third-order valence-corrected chi connectivity index (χ3v) is 5.50. The van der Waals surface area contributed by atoms with Crippen LogP contribution in [0.1, 0.15) is 30.6 Å². The molecule has 1 aliphatic carbocycles. The van der Waals surface area contributed by atoms with Gasteiger partial charge in [-0.2, -0.15) is 0 Å².